The summed E-state index contributed by atoms with van der Waals surface area (Å²) >= 11 is 0. The Labute approximate surface area is 199 Å². The summed E-state index contributed by atoms with van der Waals surface area (Å²) in [5, 5.41) is 13.6. The number of ether oxygens (including phenoxy) is 1. The molecular formula is C28H28N2O4. The molecule has 1 aliphatic rings. The van der Waals surface area contributed by atoms with Gasteiger partial charge in [-0.05, 0) is 47.7 Å². The number of aryl methyl sites for hydroxylation is 1. The van der Waals surface area contributed by atoms with Gasteiger partial charge in [0, 0.05) is 17.2 Å². The molecule has 4 rings (SSSR count). The Morgan fingerprint density at radius 1 is 1.09 bits per heavy atom. The van der Waals surface area contributed by atoms with Gasteiger partial charge in [-0.15, -0.1) is 0 Å². The van der Waals surface area contributed by atoms with Crippen molar-refractivity contribution in [3.8, 4) is 5.75 Å². The zero-order chi connectivity index (χ0) is 24.2. The van der Waals surface area contributed by atoms with Crippen molar-refractivity contribution < 1.29 is 24.4 Å². The monoisotopic (exact) mass is 456 g/mol. The summed E-state index contributed by atoms with van der Waals surface area (Å²) in [6.07, 6.45) is 3.55. The summed E-state index contributed by atoms with van der Waals surface area (Å²) in [5.74, 6) is -0.789. The quantitative estimate of drug-likeness (QED) is 0.310. The van der Waals surface area contributed by atoms with Crippen molar-refractivity contribution in [2.24, 2.45) is 5.92 Å². The van der Waals surface area contributed by atoms with Crippen molar-refractivity contribution in [1.82, 2.24) is 4.90 Å². The summed E-state index contributed by atoms with van der Waals surface area (Å²) in [6.45, 7) is 6.77. The average Bonchev–Trinajstić information content (AvgIpc) is 3.09. The van der Waals surface area contributed by atoms with Crippen LogP contribution in [0.2, 0.25) is 0 Å². The number of hydrogen-bond acceptors (Lipinski definition) is 4. The number of benzene rings is 2. The van der Waals surface area contributed by atoms with E-state index in [4.69, 9.17) is 4.74 Å². The summed E-state index contributed by atoms with van der Waals surface area (Å²) in [5.41, 5.74) is 2.70. The maximum atomic E-state index is 13.6. The number of aromatic amines is 1. The number of carbonyl (C=O) groups is 2. The van der Waals surface area contributed by atoms with Crippen LogP contribution in [-0.4, -0.2) is 23.2 Å². The van der Waals surface area contributed by atoms with E-state index in [1.54, 1.807) is 30.6 Å². The third-order valence-electron chi connectivity index (χ3n) is 5.78. The van der Waals surface area contributed by atoms with E-state index in [0.717, 1.165) is 16.7 Å². The van der Waals surface area contributed by atoms with Crippen LogP contribution in [-0.2, 0) is 16.1 Å². The van der Waals surface area contributed by atoms with Gasteiger partial charge in [0.05, 0.1) is 19.2 Å². The van der Waals surface area contributed by atoms with Gasteiger partial charge in [0.1, 0.15) is 5.75 Å². The van der Waals surface area contributed by atoms with Crippen molar-refractivity contribution in [3.05, 3.63) is 101 Å². The maximum Gasteiger partial charge on any atom is 0.295 e. The van der Waals surface area contributed by atoms with Gasteiger partial charge in [-0.3, -0.25) is 9.59 Å². The number of likely N-dealkylation sites (tertiary alicyclic amines) is 1. The molecule has 6 heteroatoms. The average molecular weight is 457 g/mol. The first kappa shape index (κ1) is 23.2. The van der Waals surface area contributed by atoms with Crippen LogP contribution >= 0.6 is 0 Å². The maximum absolute atomic E-state index is 13.6. The Bertz CT molecular complexity index is 1220. The molecule has 1 atom stereocenters. The number of H-pyrrole nitrogens is 1. The number of Topliss-reactive ketones (excluding diaryl/α,β-unsaturated/α-hetero) is 1. The lowest BCUT2D eigenvalue weighted by Gasteiger charge is -2.27. The Hall–Kier alpha value is -3.93. The molecule has 1 aromatic heterocycles. The fourth-order valence-corrected chi connectivity index (χ4v) is 4.11. The molecule has 3 aromatic rings. The van der Waals surface area contributed by atoms with Crippen LogP contribution in [0.15, 0.2) is 78.6 Å². The SMILES string of the molecule is Cc1cc(/C([O-])=C2\C(=O)C(=O)N(Cc3ccc[nH+]c3)C2c2ccccc2)ccc1OCC(C)C. The highest BCUT2D eigenvalue weighted by atomic mass is 16.5. The summed E-state index contributed by atoms with van der Waals surface area (Å²) in [6, 6.07) is 17.3. The first-order valence-corrected chi connectivity index (χ1v) is 11.4. The number of carbonyl (C=O) groups excluding carboxylic acids is 2. The lowest BCUT2D eigenvalue weighted by molar-refractivity contribution is -0.378. The molecule has 2 aromatic carbocycles. The van der Waals surface area contributed by atoms with Crippen LogP contribution in [0.5, 0.6) is 5.75 Å². The Balaban J connectivity index is 1.77. The fourth-order valence-electron chi connectivity index (χ4n) is 4.11. The van der Waals surface area contributed by atoms with E-state index in [2.05, 4.69) is 18.8 Å². The van der Waals surface area contributed by atoms with E-state index in [1.807, 2.05) is 49.4 Å². The van der Waals surface area contributed by atoms with Crippen molar-refractivity contribution in [2.75, 3.05) is 6.61 Å². The first-order valence-electron chi connectivity index (χ1n) is 11.4. The van der Waals surface area contributed by atoms with Crippen LogP contribution in [0.25, 0.3) is 5.76 Å². The number of amides is 1. The molecule has 0 spiro atoms. The van der Waals surface area contributed by atoms with Gasteiger partial charge in [0.15, 0.2) is 12.4 Å². The fraction of sp³-hybridized carbons (Fsp3) is 0.250. The summed E-state index contributed by atoms with van der Waals surface area (Å²) in [4.78, 5) is 30.7. The molecule has 1 N–H and O–H groups in total. The van der Waals surface area contributed by atoms with Gasteiger partial charge in [-0.1, -0.05) is 56.0 Å². The van der Waals surface area contributed by atoms with Crippen LogP contribution < -0.4 is 14.8 Å². The summed E-state index contributed by atoms with van der Waals surface area (Å²) < 4.78 is 5.82. The van der Waals surface area contributed by atoms with E-state index in [0.29, 0.717) is 23.8 Å². The zero-order valence-electron chi connectivity index (χ0n) is 19.6. The van der Waals surface area contributed by atoms with E-state index in [1.165, 1.54) is 4.90 Å². The molecule has 34 heavy (non-hydrogen) atoms. The largest absolute Gasteiger partial charge is 0.872 e. The van der Waals surface area contributed by atoms with Crippen LogP contribution in [0.3, 0.4) is 0 Å². The van der Waals surface area contributed by atoms with Gasteiger partial charge < -0.3 is 14.7 Å². The van der Waals surface area contributed by atoms with Crippen LogP contribution in [0.1, 0.15) is 42.1 Å². The van der Waals surface area contributed by atoms with E-state index < -0.39 is 23.5 Å². The van der Waals surface area contributed by atoms with Crippen LogP contribution in [0.4, 0.5) is 0 Å². The topological polar surface area (TPSA) is 83.8 Å². The highest BCUT2D eigenvalue weighted by Gasteiger charge is 2.44. The Morgan fingerprint density at radius 3 is 2.50 bits per heavy atom. The van der Waals surface area contributed by atoms with E-state index in [9.17, 15) is 14.7 Å². The molecule has 1 unspecified atom stereocenters. The molecule has 1 aliphatic heterocycles. The molecule has 1 saturated heterocycles. The molecule has 2 heterocycles. The number of pyridine rings is 1. The molecular weight excluding hydrogens is 428 g/mol. The number of nitrogens with zero attached hydrogens (tertiary/aromatic N) is 1. The van der Waals surface area contributed by atoms with Gasteiger partial charge in [-0.25, -0.2) is 4.98 Å². The second kappa shape index (κ2) is 9.91. The smallest absolute Gasteiger partial charge is 0.295 e. The number of aromatic nitrogens is 1. The minimum Gasteiger partial charge on any atom is -0.872 e. The second-order valence-electron chi connectivity index (χ2n) is 8.92. The lowest BCUT2D eigenvalue weighted by Crippen LogP contribution is -2.29. The number of nitrogens with one attached hydrogen (secondary N) is 1. The van der Waals surface area contributed by atoms with Crippen molar-refractivity contribution >= 4 is 17.4 Å². The molecule has 0 radical (unpaired) electrons. The molecule has 6 nitrogen and oxygen atoms in total. The predicted octanol–water partition coefficient (Wildman–Crippen LogP) is 3.27. The number of hydrogen-bond donors (Lipinski definition) is 0. The normalized spacial score (nSPS) is 17.4. The van der Waals surface area contributed by atoms with Crippen molar-refractivity contribution in [3.63, 3.8) is 0 Å². The highest BCUT2D eigenvalue weighted by Crippen LogP contribution is 2.39. The predicted molar refractivity (Wildman–Crippen MR) is 126 cm³/mol. The first-order chi connectivity index (χ1) is 16.4. The minimum atomic E-state index is -0.758. The molecule has 1 amide bonds. The van der Waals surface area contributed by atoms with Gasteiger partial charge in [-0.2, -0.15) is 0 Å². The van der Waals surface area contributed by atoms with Crippen LogP contribution in [0, 0.1) is 12.8 Å². The minimum absolute atomic E-state index is 0.0219. The van der Waals surface area contributed by atoms with E-state index in [-0.39, 0.29) is 12.1 Å². The molecule has 0 saturated carbocycles. The third-order valence-corrected chi connectivity index (χ3v) is 5.78. The second-order valence-corrected chi connectivity index (χ2v) is 8.92. The highest BCUT2D eigenvalue weighted by molar-refractivity contribution is 6.46. The molecule has 0 bridgehead atoms. The molecule has 1 fully saturated rings. The summed E-state index contributed by atoms with van der Waals surface area (Å²) in [7, 11) is 0. The van der Waals surface area contributed by atoms with Gasteiger partial charge in [0.25, 0.3) is 5.91 Å². The number of rotatable bonds is 7. The number of ketones is 1. The van der Waals surface area contributed by atoms with Crippen molar-refractivity contribution in [1.29, 1.82) is 0 Å². The standard InChI is InChI=1S/C28H28N2O4/c1-18(2)17-34-23-12-11-22(14-19(23)3)26(31)24-25(21-9-5-4-6-10-21)30(28(33)27(24)32)16-20-8-7-13-29-15-20/h4-15,18,25,31H,16-17H2,1-3H3/b26-24+. The van der Waals surface area contributed by atoms with Gasteiger partial charge >= 0.3 is 0 Å². The molecule has 174 valence electrons. The van der Waals surface area contributed by atoms with Gasteiger partial charge in [0.2, 0.25) is 5.78 Å². The third kappa shape index (κ3) is 4.71. The zero-order valence-corrected chi connectivity index (χ0v) is 19.6. The molecule has 0 aliphatic carbocycles. The van der Waals surface area contributed by atoms with Crippen molar-refractivity contribution in [2.45, 2.75) is 33.4 Å². The Morgan fingerprint density at radius 2 is 1.85 bits per heavy atom. The Kier molecular flexibility index (Phi) is 6.77. The lowest BCUT2D eigenvalue weighted by atomic mass is 9.94. The van der Waals surface area contributed by atoms with E-state index >= 15 is 0 Å².